The van der Waals surface area contributed by atoms with Gasteiger partial charge in [-0.1, -0.05) is 23.8 Å². The largest absolute Gasteiger partial charge is 0.488 e. The summed E-state index contributed by atoms with van der Waals surface area (Å²) in [5.74, 6) is -0.791. The van der Waals surface area contributed by atoms with Crippen LogP contribution in [0.5, 0.6) is 5.75 Å². The van der Waals surface area contributed by atoms with Crippen molar-refractivity contribution in [3.63, 3.8) is 0 Å². The molecule has 134 valence electrons. The number of hydrogen-bond donors (Lipinski definition) is 0. The summed E-state index contributed by atoms with van der Waals surface area (Å²) in [7, 11) is 0. The number of halogens is 3. The van der Waals surface area contributed by atoms with E-state index < -0.39 is 17.7 Å². The number of rotatable bonds is 5. The van der Waals surface area contributed by atoms with E-state index in [2.05, 4.69) is 0 Å². The number of carbonyl (C=O) groups is 1. The Hall–Kier alpha value is -2.50. The molecule has 0 aliphatic rings. The average molecular weight is 352 g/mol. The molecule has 0 aromatic heterocycles. The molecule has 25 heavy (non-hydrogen) atoms. The molecule has 2 aromatic rings. The summed E-state index contributed by atoms with van der Waals surface area (Å²) in [5.41, 5.74) is 1.20. The third kappa shape index (κ3) is 4.53. The average Bonchev–Trinajstić information content (AvgIpc) is 2.53. The first-order valence-electron chi connectivity index (χ1n) is 7.80. The molecule has 0 aliphatic heterocycles. The van der Waals surface area contributed by atoms with Crippen molar-refractivity contribution in [3.8, 4) is 5.75 Å². The maximum absolute atomic E-state index is 13.2. The lowest BCUT2D eigenvalue weighted by Crippen LogP contribution is -2.13. The van der Waals surface area contributed by atoms with Crippen molar-refractivity contribution in [1.29, 1.82) is 0 Å². The number of ether oxygens (including phenoxy) is 2. The van der Waals surface area contributed by atoms with Gasteiger partial charge in [-0.05, 0) is 44.5 Å². The topological polar surface area (TPSA) is 35.5 Å². The highest BCUT2D eigenvalue weighted by Crippen LogP contribution is 2.37. The zero-order valence-corrected chi connectivity index (χ0v) is 14.2. The molecule has 0 radical (unpaired) electrons. The molecule has 0 unspecified atom stereocenters. The molecule has 0 heterocycles. The first kappa shape index (κ1) is 18.8. The van der Waals surface area contributed by atoms with Crippen LogP contribution >= 0.6 is 0 Å². The van der Waals surface area contributed by atoms with Crippen molar-refractivity contribution in [2.45, 2.75) is 33.6 Å². The highest BCUT2D eigenvalue weighted by molar-refractivity contribution is 5.91. The van der Waals surface area contributed by atoms with E-state index in [0.717, 1.165) is 11.6 Å². The molecule has 0 N–H and O–H groups in total. The van der Waals surface area contributed by atoms with E-state index in [9.17, 15) is 18.0 Å². The molecule has 0 atom stereocenters. The van der Waals surface area contributed by atoms with Crippen LogP contribution in [0.15, 0.2) is 36.4 Å². The van der Waals surface area contributed by atoms with Crippen LogP contribution in [0, 0.1) is 13.8 Å². The highest BCUT2D eigenvalue weighted by atomic mass is 19.4. The van der Waals surface area contributed by atoms with Crippen LogP contribution in [0.3, 0.4) is 0 Å². The maximum Gasteiger partial charge on any atom is 0.419 e. The molecule has 0 aliphatic carbocycles. The Kier molecular flexibility index (Phi) is 5.72. The Labute approximate surface area is 144 Å². The molecule has 0 spiro atoms. The van der Waals surface area contributed by atoms with Crippen LogP contribution < -0.4 is 4.74 Å². The molecule has 6 heteroatoms. The smallest absolute Gasteiger partial charge is 0.419 e. The maximum atomic E-state index is 13.2. The van der Waals surface area contributed by atoms with Crippen LogP contribution in [0.2, 0.25) is 0 Å². The summed E-state index contributed by atoms with van der Waals surface area (Å²) in [6, 6.07) is 8.91. The molecule has 2 rings (SSSR count). The predicted molar refractivity (Wildman–Crippen MR) is 87.6 cm³/mol. The van der Waals surface area contributed by atoms with Gasteiger partial charge in [0.1, 0.15) is 12.4 Å². The Morgan fingerprint density at radius 3 is 2.48 bits per heavy atom. The quantitative estimate of drug-likeness (QED) is 0.704. The van der Waals surface area contributed by atoms with Gasteiger partial charge in [0.15, 0.2) is 0 Å². The van der Waals surface area contributed by atoms with Gasteiger partial charge in [-0.25, -0.2) is 4.79 Å². The van der Waals surface area contributed by atoms with Crippen LogP contribution in [-0.2, 0) is 17.5 Å². The SMILES string of the molecule is CCOC(=O)c1cccc(C)c1COc1ccc(C)cc1C(F)(F)F. The number of carbonyl (C=O) groups excluding carboxylic acids is 1. The molecule has 0 amide bonds. The first-order chi connectivity index (χ1) is 11.7. The van der Waals surface area contributed by atoms with Gasteiger partial charge in [-0.3, -0.25) is 0 Å². The van der Waals surface area contributed by atoms with Crippen molar-refractivity contribution >= 4 is 5.97 Å². The van der Waals surface area contributed by atoms with Gasteiger partial charge in [0.05, 0.1) is 17.7 Å². The number of alkyl halides is 3. The predicted octanol–water partition coefficient (Wildman–Crippen LogP) is 5.08. The van der Waals surface area contributed by atoms with Crippen molar-refractivity contribution in [2.75, 3.05) is 6.61 Å². The summed E-state index contributed by atoms with van der Waals surface area (Å²) in [4.78, 5) is 12.0. The minimum Gasteiger partial charge on any atom is -0.488 e. The van der Waals surface area contributed by atoms with Crippen LogP contribution in [0.25, 0.3) is 0 Å². The van der Waals surface area contributed by atoms with E-state index in [0.29, 0.717) is 16.7 Å². The molecule has 3 nitrogen and oxygen atoms in total. The van der Waals surface area contributed by atoms with Gasteiger partial charge in [-0.15, -0.1) is 0 Å². The number of esters is 1. The van der Waals surface area contributed by atoms with E-state index in [1.165, 1.54) is 6.07 Å². The number of benzene rings is 2. The summed E-state index contributed by atoms with van der Waals surface area (Å²) < 4.78 is 50.0. The molecular weight excluding hydrogens is 333 g/mol. The monoisotopic (exact) mass is 352 g/mol. The van der Waals surface area contributed by atoms with Gasteiger partial charge in [0.2, 0.25) is 0 Å². The van der Waals surface area contributed by atoms with Gasteiger partial charge < -0.3 is 9.47 Å². The third-order valence-corrected chi connectivity index (χ3v) is 3.72. The zero-order valence-electron chi connectivity index (χ0n) is 14.2. The fourth-order valence-electron chi connectivity index (χ4n) is 2.44. The Bertz CT molecular complexity index is 767. The standard InChI is InChI=1S/C19H19F3O3/c1-4-24-18(23)14-7-5-6-13(3)15(14)11-25-17-9-8-12(2)10-16(17)19(20,21)22/h5-10H,4,11H2,1-3H3. The van der Waals surface area contributed by atoms with Gasteiger partial charge >= 0.3 is 12.1 Å². The van der Waals surface area contributed by atoms with E-state index in [1.807, 2.05) is 0 Å². The van der Waals surface area contributed by atoms with Crippen LogP contribution in [0.1, 0.15) is 39.5 Å². The fourth-order valence-corrected chi connectivity index (χ4v) is 2.44. The van der Waals surface area contributed by atoms with E-state index >= 15 is 0 Å². The summed E-state index contributed by atoms with van der Waals surface area (Å²) in [6.45, 7) is 5.09. The second-order valence-corrected chi connectivity index (χ2v) is 5.61. The molecule has 0 saturated heterocycles. The molecule has 0 fully saturated rings. The van der Waals surface area contributed by atoms with E-state index in [1.54, 1.807) is 45.0 Å². The highest BCUT2D eigenvalue weighted by Gasteiger charge is 2.34. The van der Waals surface area contributed by atoms with Crippen molar-refractivity contribution in [2.24, 2.45) is 0 Å². The lowest BCUT2D eigenvalue weighted by atomic mass is 10.0. The summed E-state index contributed by atoms with van der Waals surface area (Å²) in [6.07, 6.45) is -4.52. The van der Waals surface area contributed by atoms with E-state index in [4.69, 9.17) is 9.47 Å². The Balaban J connectivity index is 2.33. The van der Waals surface area contributed by atoms with Gasteiger partial charge in [-0.2, -0.15) is 13.2 Å². The number of hydrogen-bond acceptors (Lipinski definition) is 3. The minimum atomic E-state index is -4.52. The Morgan fingerprint density at radius 2 is 1.84 bits per heavy atom. The normalized spacial score (nSPS) is 11.3. The summed E-state index contributed by atoms with van der Waals surface area (Å²) in [5, 5.41) is 0. The fraction of sp³-hybridized carbons (Fsp3) is 0.316. The third-order valence-electron chi connectivity index (χ3n) is 3.72. The lowest BCUT2D eigenvalue weighted by molar-refractivity contribution is -0.139. The second kappa shape index (κ2) is 7.59. The molecule has 0 bridgehead atoms. The van der Waals surface area contributed by atoms with Crippen LogP contribution in [0.4, 0.5) is 13.2 Å². The van der Waals surface area contributed by atoms with E-state index in [-0.39, 0.29) is 19.0 Å². The molecular formula is C19H19F3O3. The number of aryl methyl sites for hydroxylation is 2. The zero-order chi connectivity index (χ0) is 18.6. The molecule has 2 aromatic carbocycles. The van der Waals surface area contributed by atoms with Crippen molar-refractivity contribution in [3.05, 3.63) is 64.2 Å². The van der Waals surface area contributed by atoms with Crippen molar-refractivity contribution < 1.29 is 27.4 Å². The second-order valence-electron chi connectivity index (χ2n) is 5.61. The lowest BCUT2D eigenvalue weighted by Gasteiger charge is -2.17. The van der Waals surface area contributed by atoms with Crippen molar-refractivity contribution in [1.82, 2.24) is 0 Å². The Morgan fingerprint density at radius 1 is 1.12 bits per heavy atom. The summed E-state index contributed by atoms with van der Waals surface area (Å²) >= 11 is 0. The minimum absolute atomic E-state index is 0.160. The van der Waals surface area contributed by atoms with Gasteiger partial charge in [0.25, 0.3) is 0 Å². The first-order valence-corrected chi connectivity index (χ1v) is 7.80. The van der Waals surface area contributed by atoms with Crippen LogP contribution in [-0.4, -0.2) is 12.6 Å². The molecule has 0 saturated carbocycles. The van der Waals surface area contributed by atoms with Gasteiger partial charge in [0, 0.05) is 5.56 Å².